The molecule has 10 nitrogen and oxygen atoms in total. The normalized spacial score (nSPS) is 15.6. The first-order chi connectivity index (χ1) is 19.6. The van der Waals surface area contributed by atoms with Crippen LogP contribution in [-0.4, -0.2) is 67.4 Å². The van der Waals surface area contributed by atoms with E-state index in [0.29, 0.717) is 29.5 Å². The molecule has 0 saturated carbocycles. The molecule has 1 aliphatic rings. The van der Waals surface area contributed by atoms with Crippen molar-refractivity contribution in [1.29, 1.82) is 5.26 Å². The largest absolute Gasteiger partial charge is 0.383 e. The van der Waals surface area contributed by atoms with Gasteiger partial charge in [0.05, 0.1) is 35.7 Å². The number of fused-ring (bicyclic) bond motifs is 2. The number of benzene rings is 1. The second-order valence-corrected chi connectivity index (χ2v) is 9.81. The first-order valence-corrected chi connectivity index (χ1v) is 13.2. The maximum absolute atomic E-state index is 9.32. The van der Waals surface area contributed by atoms with Gasteiger partial charge in [0.25, 0.3) is 0 Å². The second-order valence-electron chi connectivity index (χ2n) is 9.81. The van der Waals surface area contributed by atoms with Crippen molar-refractivity contribution >= 4 is 16.7 Å². The minimum atomic E-state index is 0.221. The summed E-state index contributed by atoms with van der Waals surface area (Å²) in [6.07, 6.45) is 12.2. The van der Waals surface area contributed by atoms with E-state index in [-0.39, 0.29) is 5.92 Å². The van der Waals surface area contributed by atoms with Crippen LogP contribution in [0.25, 0.3) is 39.1 Å². The van der Waals surface area contributed by atoms with Gasteiger partial charge in [0, 0.05) is 68.3 Å². The molecule has 200 valence electrons. The van der Waals surface area contributed by atoms with Crippen molar-refractivity contribution in [3.05, 3.63) is 60.7 Å². The van der Waals surface area contributed by atoms with Gasteiger partial charge < -0.3 is 9.47 Å². The molecule has 1 atom stereocenters. The SMILES string of the molecule is COCCN1CCCC(C#COc2nc(-c3ccc(C#N)cc3)c(-c3cnc4c(cnn4C)c3)c3nccn23)C1. The number of rotatable bonds is 6. The zero-order valence-corrected chi connectivity index (χ0v) is 22.4. The number of hydrogen-bond donors (Lipinski definition) is 0. The summed E-state index contributed by atoms with van der Waals surface area (Å²) in [6.45, 7) is 3.58. The first kappa shape index (κ1) is 25.5. The van der Waals surface area contributed by atoms with Crippen molar-refractivity contribution in [3.8, 4) is 46.5 Å². The van der Waals surface area contributed by atoms with E-state index >= 15 is 0 Å². The summed E-state index contributed by atoms with van der Waals surface area (Å²) < 4.78 is 14.8. The number of likely N-dealkylation sites (tertiary alicyclic amines) is 1. The molecular formula is C30H28N8O2. The molecule has 4 aromatic heterocycles. The van der Waals surface area contributed by atoms with Crippen LogP contribution in [0, 0.1) is 29.3 Å². The van der Waals surface area contributed by atoms with Crippen molar-refractivity contribution in [1.82, 2.24) is 34.0 Å². The molecule has 6 rings (SSSR count). The third-order valence-electron chi connectivity index (χ3n) is 7.18. The standard InChI is InChI=1S/C30H28N8O2/c1-36-28-25(19-34-36)16-24(18-33-28)26-27(23-7-5-21(17-31)6-8-23)35-30(38-12-10-32-29(26)38)40-14-9-22-4-3-11-37(20-22)13-15-39-2/h5-8,10,12,16,18-19,22H,3-4,11,13,15,20H2,1-2H3. The Labute approximate surface area is 231 Å². The van der Waals surface area contributed by atoms with Crippen molar-refractivity contribution < 1.29 is 9.47 Å². The number of piperidine rings is 1. The summed E-state index contributed by atoms with van der Waals surface area (Å²) >= 11 is 0. The Morgan fingerprint density at radius 1 is 1.10 bits per heavy atom. The smallest absolute Gasteiger partial charge is 0.317 e. The molecule has 5 aromatic rings. The van der Waals surface area contributed by atoms with Crippen LogP contribution in [-0.2, 0) is 11.8 Å². The zero-order valence-electron chi connectivity index (χ0n) is 22.4. The Bertz CT molecular complexity index is 1770. The Balaban J connectivity index is 1.41. The van der Waals surface area contributed by atoms with Crippen LogP contribution in [0.5, 0.6) is 6.01 Å². The lowest BCUT2D eigenvalue weighted by Gasteiger charge is -2.29. The highest BCUT2D eigenvalue weighted by atomic mass is 16.5. The highest BCUT2D eigenvalue weighted by molar-refractivity contribution is 5.93. The predicted molar refractivity (Wildman–Crippen MR) is 150 cm³/mol. The summed E-state index contributed by atoms with van der Waals surface area (Å²) in [7, 11) is 3.59. The van der Waals surface area contributed by atoms with E-state index in [1.807, 2.05) is 37.6 Å². The third-order valence-corrected chi connectivity index (χ3v) is 7.18. The highest BCUT2D eigenvalue weighted by Gasteiger charge is 2.21. The predicted octanol–water partition coefficient (Wildman–Crippen LogP) is 3.91. The molecule has 0 spiro atoms. The number of imidazole rings is 1. The van der Waals surface area contributed by atoms with Gasteiger partial charge in [0.1, 0.15) is 6.11 Å². The summed E-state index contributed by atoms with van der Waals surface area (Å²) in [5, 5.41) is 14.6. The van der Waals surface area contributed by atoms with Crippen LogP contribution in [0.1, 0.15) is 18.4 Å². The van der Waals surface area contributed by atoms with E-state index < -0.39 is 0 Å². The molecule has 1 aliphatic heterocycles. The summed E-state index contributed by atoms with van der Waals surface area (Å²) in [5.74, 6) is 3.51. The molecule has 0 amide bonds. The quantitative estimate of drug-likeness (QED) is 0.303. The third kappa shape index (κ3) is 4.98. The lowest BCUT2D eigenvalue weighted by molar-refractivity contribution is 0.125. The monoisotopic (exact) mass is 532 g/mol. The number of ether oxygens (including phenoxy) is 2. The van der Waals surface area contributed by atoms with Gasteiger partial charge in [-0.1, -0.05) is 18.1 Å². The Morgan fingerprint density at radius 3 is 2.80 bits per heavy atom. The molecule has 1 aromatic carbocycles. The molecule has 0 N–H and O–H groups in total. The van der Waals surface area contributed by atoms with Crippen LogP contribution in [0.4, 0.5) is 0 Å². The van der Waals surface area contributed by atoms with Crippen molar-refractivity contribution in [3.63, 3.8) is 0 Å². The summed E-state index contributed by atoms with van der Waals surface area (Å²) in [5.41, 5.74) is 5.15. The van der Waals surface area contributed by atoms with Crippen molar-refractivity contribution in [2.24, 2.45) is 13.0 Å². The van der Waals surface area contributed by atoms with Crippen molar-refractivity contribution in [2.45, 2.75) is 12.8 Å². The fourth-order valence-electron chi connectivity index (χ4n) is 5.14. The summed E-state index contributed by atoms with van der Waals surface area (Å²) in [4.78, 5) is 16.6. The van der Waals surface area contributed by atoms with Gasteiger partial charge in [-0.05, 0) is 37.6 Å². The maximum Gasteiger partial charge on any atom is 0.317 e. The van der Waals surface area contributed by atoms with Gasteiger partial charge in [-0.3, -0.25) is 14.0 Å². The number of nitriles is 1. The van der Waals surface area contributed by atoms with E-state index in [1.54, 1.807) is 40.7 Å². The van der Waals surface area contributed by atoms with Crippen LogP contribution in [0.2, 0.25) is 0 Å². The Morgan fingerprint density at radius 2 is 1.98 bits per heavy atom. The van der Waals surface area contributed by atoms with E-state index in [4.69, 9.17) is 14.5 Å². The van der Waals surface area contributed by atoms with Gasteiger partial charge in [-0.2, -0.15) is 15.3 Å². The molecule has 0 aliphatic carbocycles. The number of methoxy groups -OCH3 is 1. The first-order valence-electron chi connectivity index (χ1n) is 13.2. The lowest BCUT2D eigenvalue weighted by Crippen LogP contribution is -2.37. The molecule has 1 saturated heterocycles. The molecular weight excluding hydrogens is 504 g/mol. The fourth-order valence-corrected chi connectivity index (χ4v) is 5.14. The number of nitrogens with zero attached hydrogens (tertiary/aromatic N) is 8. The maximum atomic E-state index is 9.32. The molecule has 0 radical (unpaired) electrons. The van der Waals surface area contributed by atoms with E-state index in [2.05, 4.69) is 38.1 Å². The zero-order chi connectivity index (χ0) is 27.5. The number of aromatic nitrogens is 6. The highest BCUT2D eigenvalue weighted by Crippen LogP contribution is 2.36. The Kier molecular flexibility index (Phi) is 7.11. The minimum Gasteiger partial charge on any atom is -0.383 e. The average Bonchev–Trinajstić information content (AvgIpc) is 3.63. The average molecular weight is 533 g/mol. The van der Waals surface area contributed by atoms with Gasteiger partial charge in [0.15, 0.2) is 11.3 Å². The molecule has 10 heteroatoms. The van der Waals surface area contributed by atoms with E-state index in [0.717, 1.165) is 60.2 Å². The summed E-state index contributed by atoms with van der Waals surface area (Å²) in [6, 6.07) is 11.8. The molecule has 5 heterocycles. The van der Waals surface area contributed by atoms with Crippen LogP contribution < -0.4 is 4.74 Å². The molecule has 1 unspecified atom stereocenters. The van der Waals surface area contributed by atoms with Gasteiger partial charge in [0.2, 0.25) is 0 Å². The number of aryl methyl sites for hydroxylation is 1. The van der Waals surface area contributed by atoms with Crippen LogP contribution >= 0.6 is 0 Å². The fraction of sp³-hybridized carbons (Fsp3) is 0.300. The second kappa shape index (κ2) is 11.1. The van der Waals surface area contributed by atoms with Gasteiger partial charge >= 0.3 is 6.01 Å². The topological polar surface area (TPSA) is 106 Å². The van der Waals surface area contributed by atoms with Gasteiger partial charge in [-0.15, -0.1) is 0 Å². The number of pyridine rings is 1. The molecule has 40 heavy (non-hydrogen) atoms. The minimum absolute atomic E-state index is 0.221. The molecule has 1 fully saturated rings. The van der Waals surface area contributed by atoms with Crippen LogP contribution in [0.15, 0.2) is 55.1 Å². The number of hydrogen-bond acceptors (Lipinski definition) is 8. The Hall–Kier alpha value is -4.77. The van der Waals surface area contributed by atoms with Gasteiger partial charge in [-0.25, -0.2) is 9.97 Å². The van der Waals surface area contributed by atoms with E-state index in [1.165, 1.54) is 0 Å². The lowest BCUT2D eigenvalue weighted by atomic mass is 9.99. The molecule has 0 bridgehead atoms. The van der Waals surface area contributed by atoms with E-state index in [9.17, 15) is 5.26 Å². The van der Waals surface area contributed by atoms with Crippen molar-refractivity contribution in [2.75, 3.05) is 33.4 Å². The van der Waals surface area contributed by atoms with Crippen LogP contribution in [0.3, 0.4) is 0 Å².